The number of para-hydroxylation sites is 1. The fraction of sp³-hybridized carbons (Fsp3) is 0.0476. The van der Waals surface area contributed by atoms with E-state index in [1.807, 2.05) is 66.9 Å². The molecule has 4 nitrogen and oxygen atoms in total. The zero-order chi connectivity index (χ0) is 17.9. The number of H-pyrrole nitrogens is 1. The number of amides is 1. The van der Waals surface area contributed by atoms with Gasteiger partial charge in [-0.15, -0.1) is 0 Å². The molecule has 0 saturated heterocycles. The summed E-state index contributed by atoms with van der Waals surface area (Å²) in [7, 11) is 0. The van der Waals surface area contributed by atoms with E-state index in [1.165, 1.54) is 0 Å². The summed E-state index contributed by atoms with van der Waals surface area (Å²) >= 11 is 3.55. The molecule has 0 bridgehead atoms. The first kappa shape index (κ1) is 16.5. The zero-order valence-corrected chi connectivity index (χ0v) is 15.5. The van der Waals surface area contributed by atoms with Crippen LogP contribution in [0.1, 0.15) is 11.1 Å². The van der Waals surface area contributed by atoms with E-state index in [0.29, 0.717) is 0 Å². The number of hydrogen-bond acceptors (Lipinski definition) is 2. The Hall–Kier alpha value is -2.92. The highest BCUT2D eigenvalue weighted by Gasteiger charge is 2.08. The molecule has 3 aromatic carbocycles. The quantitative estimate of drug-likeness (QED) is 0.372. The fourth-order valence-electron chi connectivity index (χ4n) is 3.07. The van der Waals surface area contributed by atoms with Gasteiger partial charge in [0, 0.05) is 27.1 Å². The van der Waals surface area contributed by atoms with Crippen LogP contribution in [0, 0.1) is 0 Å². The van der Waals surface area contributed by atoms with E-state index in [0.717, 1.165) is 37.3 Å². The largest absolute Gasteiger partial charge is 0.361 e. The SMILES string of the molecule is O=C(Cc1ccc(Br)c2ccccc12)N/N=C/c1c[nH]c2ccccc12. The topological polar surface area (TPSA) is 57.2 Å². The summed E-state index contributed by atoms with van der Waals surface area (Å²) in [5.41, 5.74) is 5.58. The van der Waals surface area contributed by atoms with Gasteiger partial charge in [-0.1, -0.05) is 64.5 Å². The molecule has 2 N–H and O–H groups in total. The van der Waals surface area contributed by atoms with Crippen molar-refractivity contribution in [3.63, 3.8) is 0 Å². The van der Waals surface area contributed by atoms with Crippen molar-refractivity contribution in [3.05, 3.63) is 82.5 Å². The summed E-state index contributed by atoms with van der Waals surface area (Å²) in [6, 6.07) is 19.9. The van der Waals surface area contributed by atoms with Crippen molar-refractivity contribution in [1.82, 2.24) is 10.4 Å². The molecule has 26 heavy (non-hydrogen) atoms. The van der Waals surface area contributed by atoms with Gasteiger partial charge in [0.15, 0.2) is 0 Å². The minimum absolute atomic E-state index is 0.145. The standard InChI is InChI=1S/C21H16BrN3O/c22-19-10-9-14(16-5-1-2-7-18(16)19)11-21(26)25-24-13-15-12-23-20-8-4-3-6-17(15)20/h1-10,12-13,23H,11H2,(H,25,26)/b24-13+. The maximum Gasteiger partial charge on any atom is 0.244 e. The highest BCUT2D eigenvalue weighted by atomic mass is 79.9. The molecule has 4 rings (SSSR count). The normalized spacial score (nSPS) is 11.4. The van der Waals surface area contributed by atoms with Crippen molar-refractivity contribution >= 4 is 49.7 Å². The molecule has 0 aliphatic carbocycles. The van der Waals surface area contributed by atoms with Crippen LogP contribution in [0.25, 0.3) is 21.7 Å². The van der Waals surface area contributed by atoms with Gasteiger partial charge in [-0.3, -0.25) is 4.79 Å². The number of halogens is 1. The Morgan fingerprint density at radius 2 is 1.73 bits per heavy atom. The first-order chi connectivity index (χ1) is 12.7. The van der Waals surface area contributed by atoms with Crippen molar-refractivity contribution < 1.29 is 4.79 Å². The van der Waals surface area contributed by atoms with E-state index < -0.39 is 0 Å². The Labute approximate surface area is 159 Å². The summed E-state index contributed by atoms with van der Waals surface area (Å²) < 4.78 is 1.02. The lowest BCUT2D eigenvalue weighted by Crippen LogP contribution is -2.19. The summed E-state index contributed by atoms with van der Waals surface area (Å²) in [5.74, 6) is -0.145. The van der Waals surface area contributed by atoms with Crippen LogP contribution in [0.2, 0.25) is 0 Å². The smallest absolute Gasteiger partial charge is 0.244 e. The van der Waals surface area contributed by atoms with Crippen molar-refractivity contribution in [2.45, 2.75) is 6.42 Å². The van der Waals surface area contributed by atoms with Crippen LogP contribution < -0.4 is 5.43 Å². The predicted molar refractivity (Wildman–Crippen MR) is 109 cm³/mol. The second kappa shape index (κ2) is 7.14. The van der Waals surface area contributed by atoms with Crippen LogP contribution in [0.3, 0.4) is 0 Å². The summed E-state index contributed by atoms with van der Waals surface area (Å²) in [6.07, 6.45) is 3.82. The minimum atomic E-state index is -0.145. The molecule has 4 aromatic rings. The number of fused-ring (bicyclic) bond motifs is 2. The van der Waals surface area contributed by atoms with Gasteiger partial charge in [0.2, 0.25) is 5.91 Å². The molecule has 0 spiro atoms. The summed E-state index contributed by atoms with van der Waals surface area (Å²) in [6.45, 7) is 0. The molecule has 1 heterocycles. The van der Waals surface area contributed by atoms with Gasteiger partial charge in [-0.2, -0.15) is 5.10 Å². The average Bonchev–Trinajstić information content (AvgIpc) is 3.08. The van der Waals surface area contributed by atoms with Gasteiger partial charge >= 0.3 is 0 Å². The number of aromatic amines is 1. The molecule has 1 amide bonds. The van der Waals surface area contributed by atoms with E-state index in [4.69, 9.17) is 0 Å². The summed E-state index contributed by atoms with van der Waals surface area (Å²) in [5, 5.41) is 7.34. The van der Waals surface area contributed by atoms with Gasteiger partial charge in [0.05, 0.1) is 12.6 Å². The molecular weight excluding hydrogens is 390 g/mol. The average molecular weight is 406 g/mol. The number of carbonyl (C=O) groups excluding carboxylic acids is 1. The third-order valence-electron chi connectivity index (χ3n) is 4.33. The number of nitrogens with zero attached hydrogens (tertiary/aromatic N) is 1. The lowest BCUT2D eigenvalue weighted by Gasteiger charge is -2.07. The highest BCUT2D eigenvalue weighted by molar-refractivity contribution is 9.10. The van der Waals surface area contributed by atoms with Crippen molar-refractivity contribution in [2.75, 3.05) is 0 Å². The Morgan fingerprint density at radius 1 is 1.00 bits per heavy atom. The van der Waals surface area contributed by atoms with Crippen molar-refractivity contribution in [3.8, 4) is 0 Å². The number of nitrogens with one attached hydrogen (secondary N) is 2. The van der Waals surface area contributed by atoms with Crippen LogP contribution in [0.15, 0.2) is 76.4 Å². The van der Waals surface area contributed by atoms with Crippen molar-refractivity contribution in [2.24, 2.45) is 5.10 Å². The molecule has 0 atom stereocenters. The first-order valence-corrected chi connectivity index (χ1v) is 9.06. The molecule has 0 fully saturated rings. The number of hydrogen-bond donors (Lipinski definition) is 2. The van der Waals surface area contributed by atoms with Gasteiger partial charge in [0.1, 0.15) is 0 Å². The third-order valence-corrected chi connectivity index (χ3v) is 5.02. The monoisotopic (exact) mass is 405 g/mol. The lowest BCUT2D eigenvalue weighted by molar-refractivity contribution is -0.120. The lowest BCUT2D eigenvalue weighted by atomic mass is 10.0. The second-order valence-corrected chi connectivity index (χ2v) is 6.87. The first-order valence-electron chi connectivity index (χ1n) is 8.26. The predicted octanol–water partition coefficient (Wildman–Crippen LogP) is 4.78. The Kier molecular flexibility index (Phi) is 4.54. The second-order valence-electron chi connectivity index (χ2n) is 6.01. The van der Waals surface area contributed by atoms with E-state index in [2.05, 4.69) is 31.4 Å². The number of benzene rings is 3. The molecule has 0 saturated carbocycles. The number of hydrazone groups is 1. The molecule has 128 valence electrons. The Balaban J connectivity index is 1.49. The van der Waals surface area contributed by atoms with E-state index >= 15 is 0 Å². The highest BCUT2D eigenvalue weighted by Crippen LogP contribution is 2.27. The van der Waals surface area contributed by atoms with Gasteiger partial charge in [0.25, 0.3) is 0 Å². The number of rotatable bonds is 4. The van der Waals surface area contributed by atoms with E-state index in [-0.39, 0.29) is 12.3 Å². The Bertz CT molecular complexity index is 1130. The van der Waals surface area contributed by atoms with Crippen LogP contribution >= 0.6 is 15.9 Å². The molecular formula is C21H16BrN3O. The zero-order valence-electron chi connectivity index (χ0n) is 13.9. The number of carbonyl (C=O) groups is 1. The Morgan fingerprint density at radius 3 is 2.58 bits per heavy atom. The van der Waals surface area contributed by atoms with Gasteiger partial charge in [-0.25, -0.2) is 5.43 Å². The van der Waals surface area contributed by atoms with Gasteiger partial charge < -0.3 is 4.98 Å². The maximum atomic E-state index is 12.3. The van der Waals surface area contributed by atoms with Crippen LogP contribution in [0.4, 0.5) is 0 Å². The van der Waals surface area contributed by atoms with Crippen LogP contribution in [0.5, 0.6) is 0 Å². The molecule has 0 unspecified atom stereocenters. The van der Waals surface area contributed by atoms with Crippen LogP contribution in [-0.4, -0.2) is 17.1 Å². The van der Waals surface area contributed by atoms with Crippen LogP contribution in [-0.2, 0) is 11.2 Å². The fourth-order valence-corrected chi connectivity index (χ4v) is 3.54. The molecule has 0 radical (unpaired) electrons. The van der Waals surface area contributed by atoms with Crippen molar-refractivity contribution in [1.29, 1.82) is 0 Å². The molecule has 1 aromatic heterocycles. The van der Waals surface area contributed by atoms with E-state index in [1.54, 1.807) is 6.21 Å². The minimum Gasteiger partial charge on any atom is -0.361 e. The molecule has 0 aliphatic rings. The molecule has 5 heteroatoms. The third kappa shape index (κ3) is 3.26. The maximum absolute atomic E-state index is 12.3. The number of aromatic nitrogens is 1. The van der Waals surface area contributed by atoms with E-state index in [9.17, 15) is 4.79 Å². The van der Waals surface area contributed by atoms with Gasteiger partial charge in [-0.05, 0) is 28.5 Å². The summed E-state index contributed by atoms with van der Waals surface area (Å²) in [4.78, 5) is 15.5. The molecule has 0 aliphatic heterocycles.